The van der Waals surface area contributed by atoms with E-state index in [0.29, 0.717) is 0 Å². The Kier molecular flexibility index (Phi) is 7.57. The van der Waals surface area contributed by atoms with E-state index in [1.54, 1.807) is 0 Å². The Labute approximate surface area is 249 Å². The van der Waals surface area contributed by atoms with E-state index in [-0.39, 0.29) is 16.2 Å². The second kappa shape index (κ2) is 10.7. The zero-order chi connectivity index (χ0) is 29.6. The third-order valence-corrected chi connectivity index (χ3v) is 8.38. The Bertz CT molecular complexity index is 1510. The molecule has 0 saturated heterocycles. The number of hydrogen-bond donors (Lipinski definition) is 0. The van der Waals surface area contributed by atoms with E-state index >= 15 is 0 Å². The average molecular weight is 545 g/mol. The van der Waals surface area contributed by atoms with Gasteiger partial charge in [-0.2, -0.15) is 0 Å². The number of benzene rings is 4. The topological polar surface area (TPSA) is 6.48 Å². The Hall–Kier alpha value is -3.52. The molecule has 1 aliphatic rings. The highest BCUT2D eigenvalue weighted by molar-refractivity contribution is 5.81. The molecule has 0 saturated carbocycles. The molecule has 2 heteroatoms. The molecule has 0 bridgehead atoms. The minimum atomic E-state index is 0.00620. The molecule has 0 aromatic heterocycles. The van der Waals surface area contributed by atoms with Crippen molar-refractivity contribution in [1.29, 1.82) is 0 Å². The van der Waals surface area contributed by atoms with Crippen molar-refractivity contribution in [3.8, 4) is 0 Å². The lowest BCUT2D eigenvalue weighted by atomic mass is 9.80. The van der Waals surface area contributed by atoms with Crippen molar-refractivity contribution >= 4 is 28.4 Å². The molecular weight excluding hydrogens is 496 g/mol. The van der Waals surface area contributed by atoms with Crippen LogP contribution < -0.4 is 9.80 Å². The number of rotatable bonds is 4. The highest BCUT2D eigenvalue weighted by atomic mass is 15.2. The fourth-order valence-electron chi connectivity index (χ4n) is 6.04. The van der Waals surface area contributed by atoms with E-state index in [4.69, 9.17) is 0 Å². The molecule has 0 spiro atoms. The van der Waals surface area contributed by atoms with Gasteiger partial charge in [-0.05, 0) is 99.9 Å². The van der Waals surface area contributed by atoms with Crippen LogP contribution in [0.1, 0.15) is 91.0 Å². The minimum Gasteiger partial charge on any atom is -0.341 e. The molecule has 0 fully saturated rings. The number of fused-ring (bicyclic) bond motifs is 1. The van der Waals surface area contributed by atoms with Gasteiger partial charge in [0.2, 0.25) is 0 Å². The third kappa shape index (κ3) is 6.08. The first-order valence-electron chi connectivity index (χ1n) is 15.2. The predicted molar refractivity (Wildman–Crippen MR) is 179 cm³/mol. The summed E-state index contributed by atoms with van der Waals surface area (Å²) < 4.78 is 0. The molecule has 1 heterocycles. The Morgan fingerprint density at radius 2 is 1.20 bits per heavy atom. The second-order valence-corrected chi connectivity index (χ2v) is 14.8. The molecule has 0 unspecified atom stereocenters. The predicted octanol–water partition coefficient (Wildman–Crippen LogP) is 11.1. The molecule has 4 aromatic rings. The maximum atomic E-state index is 2.57. The SMILES string of the molecule is CC(C)(C)c1cccc(N(c2ccccc2)c2cc(N3CCCc4c3cccc4C(C)(C)C)cc(C(C)(C)C)c2)c1. The zero-order valence-corrected chi connectivity index (χ0v) is 26.7. The molecule has 4 aromatic carbocycles. The summed E-state index contributed by atoms with van der Waals surface area (Å²) in [7, 11) is 0. The van der Waals surface area contributed by atoms with Crippen molar-refractivity contribution in [2.75, 3.05) is 16.3 Å². The van der Waals surface area contributed by atoms with Crippen LogP contribution in [0.3, 0.4) is 0 Å². The van der Waals surface area contributed by atoms with Crippen molar-refractivity contribution in [3.63, 3.8) is 0 Å². The summed E-state index contributed by atoms with van der Waals surface area (Å²) in [6, 6.07) is 34.0. The highest BCUT2D eigenvalue weighted by Crippen LogP contribution is 2.44. The van der Waals surface area contributed by atoms with Crippen LogP contribution in [0.25, 0.3) is 0 Å². The Morgan fingerprint density at radius 1 is 0.561 bits per heavy atom. The normalized spacial score (nSPS) is 14.1. The van der Waals surface area contributed by atoms with E-state index in [0.717, 1.165) is 19.4 Å². The van der Waals surface area contributed by atoms with Crippen LogP contribution in [0.15, 0.2) is 91.0 Å². The maximum absolute atomic E-state index is 2.57. The number of nitrogens with zero attached hydrogens (tertiary/aromatic N) is 2. The molecule has 5 rings (SSSR count). The van der Waals surface area contributed by atoms with Gasteiger partial charge in [-0.25, -0.2) is 0 Å². The lowest BCUT2D eigenvalue weighted by Gasteiger charge is -2.37. The van der Waals surface area contributed by atoms with Gasteiger partial charge < -0.3 is 9.80 Å². The van der Waals surface area contributed by atoms with Gasteiger partial charge in [0.15, 0.2) is 0 Å². The number of hydrogen-bond acceptors (Lipinski definition) is 2. The molecule has 0 amide bonds. The van der Waals surface area contributed by atoms with Crippen molar-refractivity contribution in [1.82, 2.24) is 0 Å². The summed E-state index contributed by atoms with van der Waals surface area (Å²) >= 11 is 0. The molecule has 41 heavy (non-hydrogen) atoms. The van der Waals surface area contributed by atoms with E-state index < -0.39 is 0 Å². The zero-order valence-electron chi connectivity index (χ0n) is 26.7. The minimum absolute atomic E-state index is 0.00620. The standard InChI is InChI=1S/C39H48N2/c1-37(2,3)28-16-13-19-31(24-28)41(30-17-11-10-12-18-30)33-26-29(38(4,5)6)25-32(27-33)40-23-15-20-34-35(39(7,8)9)21-14-22-36(34)40/h10-14,16-19,21-22,24-27H,15,20,23H2,1-9H3. The van der Waals surface area contributed by atoms with Crippen molar-refractivity contribution < 1.29 is 0 Å². The maximum Gasteiger partial charge on any atom is 0.0485 e. The van der Waals surface area contributed by atoms with E-state index in [9.17, 15) is 0 Å². The molecule has 0 radical (unpaired) electrons. The van der Waals surface area contributed by atoms with Crippen LogP contribution >= 0.6 is 0 Å². The largest absolute Gasteiger partial charge is 0.341 e. The summed E-state index contributed by atoms with van der Waals surface area (Å²) in [5.41, 5.74) is 12.0. The van der Waals surface area contributed by atoms with Gasteiger partial charge in [0.1, 0.15) is 0 Å². The Balaban J connectivity index is 1.73. The van der Waals surface area contributed by atoms with Crippen LogP contribution in [0.4, 0.5) is 28.4 Å². The van der Waals surface area contributed by atoms with Gasteiger partial charge in [0.25, 0.3) is 0 Å². The summed E-state index contributed by atoms with van der Waals surface area (Å²) in [5.74, 6) is 0. The third-order valence-electron chi connectivity index (χ3n) is 8.38. The van der Waals surface area contributed by atoms with Crippen molar-refractivity contribution in [2.45, 2.75) is 91.4 Å². The van der Waals surface area contributed by atoms with Crippen LogP contribution in [0.2, 0.25) is 0 Å². The van der Waals surface area contributed by atoms with Crippen LogP contribution in [-0.4, -0.2) is 6.54 Å². The highest BCUT2D eigenvalue weighted by Gasteiger charge is 2.28. The second-order valence-electron chi connectivity index (χ2n) is 14.8. The molecule has 0 atom stereocenters. The summed E-state index contributed by atoms with van der Waals surface area (Å²) in [6.45, 7) is 21.9. The van der Waals surface area contributed by atoms with Crippen LogP contribution in [-0.2, 0) is 22.7 Å². The first kappa shape index (κ1) is 29.0. The summed E-state index contributed by atoms with van der Waals surface area (Å²) in [6.07, 6.45) is 2.30. The first-order chi connectivity index (χ1) is 19.2. The molecule has 214 valence electrons. The van der Waals surface area contributed by atoms with E-state index in [1.165, 1.54) is 50.7 Å². The molecule has 1 aliphatic heterocycles. The molecule has 0 aliphatic carbocycles. The van der Waals surface area contributed by atoms with Crippen molar-refractivity contribution in [3.05, 3.63) is 113 Å². The van der Waals surface area contributed by atoms with Gasteiger partial charge in [0, 0.05) is 35.0 Å². The quantitative estimate of drug-likeness (QED) is 0.252. The Morgan fingerprint density at radius 3 is 1.85 bits per heavy atom. The van der Waals surface area contributed by atoms with Crippen molar-refractivity contribution in [2.24, 2.45) is 0 Å². The lowest BCUT2D eigenvalue weighted by molar-refractivity contribution is 0.576. The molecular formula is C39H48N2. The molecule has 0 N–H and O–H groups in total. The fraction of sp³-hybridized carbons (Fsp3) is 0.385. The van der Waals surface area contributed by atoms with E-state index in [2.05, 4.69) is 163 Å². The lowest BCUT2D eigenvalue weighted by Crippen LogP contribution is -2.28. The summed E-state index contributed by atoms with van der Waals surface area (Å²) in [5, 5.41) is 0. The van der Waals surface area contributed by atoms with Gasteiger partial charge >= 0.3 is 0 Å². The average Bonchev–Trinajstić information content (AvgIpc) is 2.92. The summed E-state index contributed by atoms with van der Waals surface area (Å²) in [4.78, 5) is 5.01. The van der Waals surface area contributed by atoms with Crippen LogP contribution in [0.5, 0.6) is 0 Å². The van der Waals surface area contributed by atoms with Gasteiger partial charge in [-0.3, -0.25) is 0 Å². The monoisotopic (exact) mass is 544 g/mol. The van der Waals surface area contributed by atoms with Gasteiger partial charge in [-0.15, -0.1) is 0 Å². The van der Waals surface area contributed by atoms with Gasteiger partial charge in [-0.1, -0.05) is 105 Å². The van der Waals surface area contributed by atoms with E-state index in [1.807, 2.05) is 0 Å². The van der Waals surface area contributed by atoms with Gasteiger partial charge in [0.05, 0.1) is 0 Å². The number of para-hydroxylation sites is 1. The first-order valence-corrected chi connectivity index (χ1v) is 15.2. The number of anilines is 5. The smallest absolute Gasteiger partial charge is 0.0485 e. The molecule has 2 nitrogen and oxygen atoms in total. The fourth-order valence-corrected chi connectivity index (χ4v) is 6.04. The van der Waals surface area contributed by atoms with Crippen LogP contribution in [0, 0.1) is 0 Å².